The van der Waals surface area contributed by atoms with Crippen LogP contribution in [0.5, 0.6) is 0 Å². The average Bonchev–Trinajstić information content (AvgIpc) is 3.52. The second kappa shape index (κ2) is 17.6. The Morgan fingerprint density at radius 3 is 2.17 bits per heavy atom. The number of aromatic nitrogens is 3. The topological polar surface area (TPSA) is 148 Å². The van der Waals surface area contributed by atoms with E-state index < -0.39 is 29.4 Å². The Balaban J connectivity index is 0.00000312. The third kappa shape index (κ3) is 10.0. The molecule has 1 saturated heterocycles. The fraction of sp³-hybridized carbons (Fsp3) is 0.324. The van der Waals surface area contributed by atoms with Gasteiger partial charge in [0.2, 0.25) is 11.8 Å². The maximum Gasteiger partial charge on any atom is 0.250 e. The van der Waals surface area contributed by atoms with Crippen molar-refractivity contribution in [1.82, 2.24) is 24.8 Å². The number of anilines is 2. The Morgan fingerprint density at radius 1 is 0.896 bits per heavy atom. The number of ether oxygens (including phenoxy) is 1. The molecule has 3 heterocycles. The highest BCUT2D eigenvalue weighted by atomic mass is 35.5. The van der Waals surface area contributed by atoms with E-state index in [2.05, 4.69) is 25.5 Å². The van der Waals surface area contributed by atoms with E-state index >= 15 is 0 Å². The Hall–Kier alpha value is -4.49. The highest BCUT2D eigenvalue weighted by Gasteiger charge is 2.32. The van der Waals surface area contributed by atoms with E-state index in [0.29, 0.717) is 26.2 Å². The van der Waals surface area contributed by atoms with E-state index in [9.17, 15) is 14.4 Å². The maximum atomic E-state index is 14.0. The minimum atomic E-state index is -1.20. The summed E-state index contributed by atoms with van der Waals surface area (Å²) in [4.78, 5) is 53.0. The lowest BCUT2D eigenvalue weighted by Gasteiger charge is -2.37. The molecule has 2 aromatic heterocycles. The number of amides is 3. The molecular formula is C34H42Cl2N8O4. The first kappa shape index (κ1) is 38.0. The summed E-state index contributed by atoms with van der Waals surface area (Å²) in [5.41, 5.74) is 6.50. The molecule has 4 N–H and O–H groups in total. The highest BCUT2D eigenvalue weighted by molar-refractivity contribution is 5.98. The number of nitrogens with two attached hydrogens (primary N) is 1. The zero-order valence-electron chi connectivity index (χ0n) is 26.9. The van der Waals surface area contributed by atoms with Crippen LogP contribution in [0.1, 0.15) is 31.0 Å². The lowest BCUT2D eigenvalue weighted by molar-refractivity contribution is -0.133. The maximum absolute atomic E-state index is 14.0. The SMILES string of the molecule is CC(C)(N)C(=O)N[C@H](COCc1ccccc1)C(=O)Nc1cn(C(C(=O)N2CCN(c3ccccn3)CC2)c2ccccc2)cn1.Cl.Cl. The van der Waals surface area contributed by atoms with E-state index in [-0.39, 0.29) is 49.8 Å². The molecule has 14 heteroatoms. The number of nitrogens with zero attached hydrogens (tertiary/aromatic N) is 5. The smallest absolute Gasteiger partial charge is 0.250 e. The van der Waals surface area contributed by atoms with Gasteiger partial charge in [0, 0.05) is 38.6 Å². The number of piperazine rings is 1. The van der Waals surface area contributed by atoms with Crippen LogP contribution in [0, 0.1) is 0 Å². The van der Waals surface area contributed by atoms with E-state index in [4.69, 9.17) is 10.5 Å². The molecule has 2 aromatic carbocycles. The summed E-state index contributed by atoms with van der Waals surface area (Å²) in [5, 5.41) is 5.46. The predicted octanol–water partition coefficient (Wildman–Crippen LogP) is 3.44. The molecule has 1 aliphatic rings. The summed E-state index contributed by atoms with van der Waals surface area (Å²) in [6.45, 7) is 5.70. The number of halogens is 2. The number of rotatable bonds is 12. The van der Waals surface area contributed by atoms with Gasteiger partial charge in [0.25, 0.3) is 5.91 Å². The van der Waals surface area contributed by atoms with E-state index in [0.717, 1.165) is 16.9 Å². The average molecular weight is 698 g/mol. The first-order valence-corrected chi connectivity index (χ1v) is 15.2. The third-order valence-corrected chi connectivity index (χ3v) is 7.67. The Labute approximate surface area is 292 Å². The second-order valence-corrected chi connectivity index (χ2v) is 11.8. The number of carbonyl (C=O) groups is 3. The van der Waals surface area contributed by atoms with Gasteiger partial charge >= 0.3 is 0 Å². The van der Waals surface area contributed by atoms with Crippen molar-refractivity contribution in [3.8, 4) is 0 Å². The molecule has 0 bridgehead atoms. The zero-order valence-corrected chi connectivity index (χ0v) is 28.5. The van der Waals surface area contributed by atoms with Crippen LogP contribution in [-0.2, 0) is 25.7 Å². The molecule has 1 unspecified atom stereocenters. The summed E-state index contributed by atoms with van der Waals surface area (Å²) in [7, 11) is 0. The minimum absolute atomic E-state index is 0. The number of pyridine rings is 1. The Morgan fingerprint density at radius 2 is 1.54 bits per heavy atom. The van der Waals surface area contributed by atoms with E-state index in [1.165, 1.54) is 6.33 Å². The van der Waals surface area contributed by atoms with Crippen molar-refractivity contribution in [3.05, 3.63) is 109 Å². The van der Waals surface area contributed by atoms with Crippen molar-refractivity contribution >= 4 is 54.2 Å². The van der Waals surface area contributed by atoms with Gasteiger partial charge in [-0.15, -0.1) is 24.8 Å². The van der Waals surface area contributed by atoms with Gasteiger partial charge in [-0.25, -0.2) is 9.97 Å². The molecule has 1 aliphatic heterocycles. The van der Waals surface area contributed by atoms with E-state index in [1.807, 2.05) is 83.8 Å². The molecule has 0 radical (unpaired) electrons. The van der Waals surface area contributed by atoms with Crippen molar-refractivity contribution in [3.63, 3.8) is 0 Å². The van der Waals surface area contributed by atoms with Gasteiger partial charge in [0.15, 0.2) is 5.82 Å². The molecule has 1 fully saturated rings. The molecule has 4 aromatic rings. The lowest BCUT2D eigenvalue weighted by Crippen LogP contribution is -2.56. The summed E-state index contributed by atoms with van der Waals surface area (Å²) in [5.74, 6) is 0.0162. The standard InChI is InChI=1S/C34H40N8O4.2ClH/c1-34(2,35)33(45)38-27(23-46-22-25-11-5-3-6-12-25)31(43)39-28-21-42(24-37-28)30(26-13-7-4-8-14-26)32(44)41-19-17-40(18-20-41)29-15-9-10-16-36-29;;/h3-16,21,24,27,30H,17-20,22-23,35H2,1-2H3,(H,38,45)(H,39,43);2*1H/t27-,30?;;/m1../s1. The van der Waals surface area contributed by atoms with Crippen LogP contribution in [0.4, 0.5) is 11.6 Å². The molecule has 2 atom stereocenters. The van der Waals surface area contributed by atoms with Crippen molar-refractivity contribution in [1.29, 1.82) is 0 Å². The number of benzene rings is 2. The fourth-order valence-corrected chi connectivity index (χ4v) is 5.10. The van der Waals surface area contributed by atoms with Crippen LogP contribution >= 0.6 is 24.8 Å². The van der Waals surface area contributed by atoms with Crippen LogP contribution in [0.3, 0.4) is 0 Å². The predicted molar refractivity (Wildman–Crippen MR) is 189 cm³/mol. The summed E-state index contributed by atoms with van der Waals surface area (Å²) >= 11 is 0. The first-order valence-electron chi connectivity index (χ1n) is 15.2. The first-order chi connectivity index (χ1) is 22.2. The molecule has 256 valence electrons. The van der Waals surface area contributed by atoms with E-state index in [1.54, 1.807) is 30.8 Å². The number of carbonyl (C=O) groups excluding carboxylic acids is 3. The van der Waals surface area contributed by atoms with Gasteiger partial charge in [-0.1, -0.05) is 66.7 Å². The minimum Gasteiger partial charge on any atom is -0.374 e. The van der Waals surface area contributed by atoms with Crippen LogP contribution in [0.25, 0.3) is 0 Å². The van der Waals surface area contributed by atoms with Crippen LogP contribution < -0.4 is 21.3 Å². The third-order valence-electron chi connectivity index (χ3n) is 7.67. The lowest BCUT2D eigenvalue weighted by atomic mass is 10.0. The van der Waals surface area contributed by atoms with Crippen molar-refractivity contribution in [2.75, 3.05) is 43.0 Å². The Kier molecular flexibility index (Phi) is 13.9. The normalized spacial score (nSPS) is 14.1. The van der Waals surface area contributed by atoms with Gasteiger partial charge < -0.3 is 35.5 Å². The van der Waals surface area contributed by atoms with Gasteiger partial charge in [0.05, 0.1) is 25.1 Å². The Bertz CT molecular complexity index is 1600. The van der Waals surface area contributed by atoms with Gasteiger partial charge in [-0.3, -0.25) is 14.4 Å². The molecule has 0 aliphatic carbocycles. The number of hydrogen-bond donors (Lipinski definition) is 3. The molecular weight excluding hydrogens is 655 g/mol. The van der Waals surface area contributed by atoms with Crippen molar-refractivity contribution < 1.29 is 19.1 Å². The molecule has 0 saturated carbocycles. The molecule has 3 amide bonds. The molecule has 48 heavy (non-hydrogen) atoms. The van der Waals surface area contributed by atoms with Crippen LogP contribution in [0.2, 0.25) is 0 Å². The van der Waals surface area contributed by atoms with Crippen molar-refractivity contribution in [2.45, 2.75) is 38.1 Å². The number of hydrogen-bond acceptors (Lipinski definition) is 8. The van der Waals surface area contributed by atoms with Crippen LogP contribution in [0.15, 0.2) is 97.6 Å². The number of nitrogens with one attached hydrogen (secondary N) is 2. The van der Waals surface area contributed by atoms with Crippen molar-refractivity contribution in [2.24, 2.45) is 5.73 Å². The molecule has 0 spiro atoms. The number of imidazole rings is 1. The quantitative estimate of drug-likeness (QED) is 0.204. The molecule has 5 rings (SSSR count). The second-order valence-electron chi connectivity index (χ2n) is 11.8. The summed E-state index contributed by atoms with van der Waals surface area (Å²) < 4.78 is 7.49. The summed E-state index contributed by atoms with van der Waals surface area (Å²) in [6.07, 6.45) is 4.91. The van der Waals surface area contributed by atoms with Gasteiger partial charge in [0.1, 0.15) is 17.9 Å². The fourth-order valence-electron chi connectivity index (χ4n) is 5.10. The molecule has 12 nitrogen and oxygen atoms in total. The largest absolute Gasteiger partial charge is 0.374 e. The zero-order chi connectivity index (χ0) is 32.5. The summed E-state index contributed by atoms with van der Waals surface area (Å²) in [6, 6.07) is 23.1. The highest BCUT2D eigenvalue weighted by Crippen LogP contribution is 2.24. The monoisotopic (exact) mass is 696 g/mol. The van der Waals surface area contributed by atoms with Gasteiger partial charge in [-0.2, -0.15) is 0 Å². The van der Waals surface area contributed by atoms with Gasteiger partial charge in [-0.05, 0) is 37.1 Å². The van der Waals surface area contributed by atoms with Crippen LogP contribution in [-0.4, -0.2) is 81.5 Å².